The maximum absolute atomic E-state index is 14.2. The molecule has 0 aliphatic heterocycles. The molecule has 0 aliphatic rings. The zero-order valence-electron chi connectivity index (χ0n) is 15.8. The highest BCUT2D eigenvalue weighted by molar-refractivity contribution is 5.55. The van der Waals surface area contributed by atoms with Gasteiger partial charge in [-0.25, -0.2) is 4.39 Å². The molecule has 0 aliphatic carbocycles. The number of nitrogens with zero attached hydrogens (tertiary/aromatic N) is 4. The first kappa shape index (κ1) is 19.8. The van der Waals surface area contributed by atoms with Crippen LogP contribution in [0.15, 0.2) is 30.6 Å². The van der Waals surface area contributed by atoms with Crippen molar-refractivity contribution in [3.63, 3.8) is 0 Å². The van der Waals surface area contributed by atoms with Gasteiger partial charge in [-0.2, -0.15) is 32.8 Å². The highest BCUT2D eigenvalue weighted by atomic mass is 19.4. The molecule has 28 heavy (non-hydrogen) atoms. The summed E-state index contributed by atoms with van der Waals surface area (Å²) in [7, 11) is 1.70. The van der Waals surface area contributed by atoms with Gasteiger partial charge < -0.3 is 10.6 Å². The van der Waals surface area contributed by atoms with Crippen molar-refractivity contribution < 1.29 is 17.6 Å². The Bertz CT molecular complexity index is 990. The summed E-state index contributed by atoms with van der Waals surface area (Å²) in [4.78, 5) is 8.32. The molecule has 150 valence electrons. The van der Waals surface area contributed by atoms with Gasteiger partial charge in [0.05, 0.1) is 11.6 Å². The van der Waals surface area contributed by atoms with Crippen molar-refractivity contribution in [3.8, 4) is 0 Å². The van der Waals surface area contributed by atoms with E-state index >= 15 is 0 Å². The number of hydrogen-bond donors (Lipinski definition) is 2. The summed E-state index contributed by atoms with van der Waals surface area (Å²) in [6.07, 6.45) is -3.40. The Kier molecular flexibility index (Phi) is 4.90. The normalized spacial score (nSPS) is 13.6. The number of nitrogens with one attached hydrogen (secondary N) is 2. The molecule has 2 N–H and O–H groups in total. The fourth-order valence-corrected chi connectivity index (χ4v) is 2.93. The number of aromatic nitrogens is 4. The Hall–Kier alpha value is -2.91. The van der Waals surface area contributed by atoms with E-state index in [-0.39, 0.29) is 0 Å². The Morgan fingerprint density at radius 3 is 2.39 bits per heavy atom. The lowest BCUT2D eigenvalue weighted by atomic mass is 9.82. The van der Waals surface area contributed by atoms with Crippen LogP contribution in [-0.2, 0) is 6.18 Å². The van der Waals surface area contributed by atoms with E-state index in [1.54, 1.807) is 13.1 Å². The Morgan fingerprint density at radius 2 is 1.82 bits per heavy atom. The van der Waals surface area contributed by atoms with Gasteiger partial charge in [0.1, 0.15) is 23.8 Å². The summed E-state index contributed by atoms with van der Waals surface area (Å²) in [5.41, 5.74) is -1.36. The van der Waals surface area contributed by atoms with E-state index in [0.717, 1.165) is 12.1 Å². The molecule has 0 fully saturated rings. The number of fused-ring (bicyclic) bond motifs is 1. The van der Waals surface area contributed by atoms with Crippen LogP contribution in [0.5, 0.6) is 0 Å². The van der Waals surface area contributed by atoms with Crippen LogP contribution in [0.25, 0.3) is 5.78 Å². The van der Waals surface area contributed by atoms with E-state index in [2.05, 4.69) is 25.7 Å². The van der Waals surface area contributed by atoms with Gasteiger partial charge in [-0.05, 0) is 23.1 Å². The summed E-state index contributed by atoms with van der Waals surface area (Å²) in [6, 6.07) is 4.16. The molecule has 0 amide bonds. The Balaban J connectivity index is 2.06. The van der Waals surface area contributed by atoms with E-state index in [4.69, 9.17) is 0 Å². The number of rotatable bonds is 4. The van der Waals surface area contributed by atoms with Gasteiger partial charge in [-0.1, -0.05) is 26.8 Å². The van der Waals surface area contributed by atoms with Crippen LogP contribution < -0.4 is 10.6 Å². The second-order valence-corrected chi connectivity index (χ2v) is 7.43. The summed E-state index contributed by atoms with van der Waals surface area (Å²) < 4.78 is 54.3. The smallest absolute Gasteiger partial charge is 0.373 e. The lowest BCUT2D eigenvalue weighted by Crippen LogP contribution is -2.27. The van der Waals surface area contributed by atoms with Gasteiger partial charge in [-0.3, -0.25) is 0 Å². The lowest BCUT2D eigenvalue weighted by molar-refractivity contribution is -0.140. The van der Waals surface area contributed by atoms with E-state index in [1.165, 1.54) is 16.9 Å². The van der Waals surface area contributed by atoms with E-state index in [0.29, 0.717) is 23.0 Å². The predicted octanol–water partition coefficient (Wildman–Crippen LogP) is 4.52. The van der Waals surface area contributed by atoms with Gasteiger partial charge in [0, 0.05) is 13.1 Å². The molecule has 0 saturated heterocycles. The third-order valence-electron chi connectivity index (χ3n) is 4.30. The minimum absolute atomic E-state index is 0.348. The molecule has 0 radical (unpaired) electrons. The Morgan fingerprint density at radius 1 is 1.11 bits per heavy atom. The molecule has 0 spiro atoms. The lowest BCUT2D eigenvalue weighted by Gasteiger charge is -2.33. The minimum atomic E-state index is -4.74. The molecule has 6 nitrogen and oxygen atoms in total. The molecule has 2 aromatic heterocycles. The van der Waals surface area contributed by atoms with Crippen molar-refractivity contribution in [2.75, 3.05) is 17.7 Å². The van der Waals surface area contributed by atoms with E-state index < -0.39 is 29.0 Å². The fourth-order valence-electron chi connectivity index (χ4n) is 2.93. The number of anilines is 2. The minimum Gasteiger partial charge on any atom is -0.373 e. The average molecular weight is 396 g/mol. The zero-order chi connectivity index (χ0) is 20.7. The number of hydrogen-bond acceptors (Lipinski definition) is 5. The molecule has 3 aromatic rings. The molecule has 0 bridgehead atoms. The topological polar surface area (TPSA) is 67.1 Å². The maximum Gasteiger partial charge on any atom is 0.419 e. The molecular formula is C18H20F4N6. The molecule has 0 saturated carbocycles. The number of benzene rings is 1. The van der Waals surface area contributed by atoms with Crippen molar-refractivity contribution in [3.05, 3.63) is 47.5 Å². The third kappa shape index (κ3) is 3.85. The van der Waals surface area contributed by atoms with Crippen molar-refractivity contribution in [1.82, 2.24) is 19.6 Å². The summed E-state index contributed by atoms with van der Waals surface area (Å²) in [5, 5.41) is 10.3. The molecule has 10 heteroatoms. The Labute approximate surface area is 159 Å². The second kappa shape index (κ2) is 6.92. The zero-order valence-corrected chi connectivity index (χ0v) is 15.8. The van der Waals surface area contributed by atoms with Gasteiger partial charge in [0.25, 0.3) is 5.78 Å². The van der Waals surface area contributed by atoms with Crippen LogP contribution in [0.1, 0.15) is 37.9 Å². The quantitative estimate of drug-likeness (QED) is 0.635. The van der Waals surface area contributed by atoms with Crippen molar-refractivity contribution in [1.29, 1.82) is 0 Å². The standard InChI is InChI=1S/C18H20F4N6/c1-17(2,3)15(10-5-6-11(12(19)7-10)18(20,21)22)27-14-8-13(23-4)26-16-24-9-25-28(14)16/h5-9,15,27H,1-4H3,(H,23,24,25,26)/t15-/m0/s1. The molecule has 3 rings (SSSR count). The average Bonchev–Trinajstić information content (AvgIpc) is 3.05. The summed E-state index contributed by atoms with van der Waals surface area (Å²) >= 11 is 0. The van der Waals surface area contributed by atoms with Crippen LogP contribution in [-0.4, -0.2) is 26.6 Å². The van der Waals surface area contributed by atoms with Gasteiger partial charge in [0.15, 0.2) is 0 Å². The summed E-state index contributed by atoms with van der Waals surface area (Å²) in [5.74, 6) is 0.0968. The van der Waals surface area contributed by atoms with E-state index in [9.17, 15) is 17.6 Å². The van der Waals surface area contributed by atoms with Crippen molar-refractivity contribution in [2.45, 2.75) is 33.0 Å². The van der Waals surface area contributed by atoms with Crippen LogP contribution in [0.3, 0.4) is 0 Å². The highest BCUT2D eigenvalue weighted by Gasteiger charge is 2.35. The fraction of sp³-hybridized carbons (Fsp3) is 0.389. The molecule has 2 heterocycles. The highest BCUT2D eigenvalue weighted by Crippen LogP contribution is 2.38. The molecular weight excluding hydrogens is 376 g/mol. The first-order valence-corrected chi connectivity index (χ1v) is 8.52. The van der Waals surface area contributed by atoms with Crippen LogP contribution in [0.4, 0.5) is 29.2 Å². The van der Waals surface area contributed by atoms with Crippen LogP contribution >= 0.6 is 0 Å². The van der Waals surface area contributed by atoms with Gasteiger partial charge in [-0.15, -0.1) is 0 Å². The van der Waals surface area contributed by atoms with Crippen molar-refractivity contribution in [2.24, 2.45) is 5.41 Å². The van der Waals surface area contributed by atoms with Crippen molar-refractivity contribution >= 4 is 17.4 Å². The predicted molar refractivity (Wildman–Crippen MR) is 97.5 cm³/mol. The maximum atomic E-state index is 14.2. The number of alkyl halides is 3. The van der Waals surface area contributed by atoms with E-state index in [1.807, 2.05) is 20.8 Å². The molecule has 1 atom stereocenters. The van der Waals surface area contributed by atoms with Crippen LogP contribution in [0, 0.1) is 11.2 Å². The monoisotopic (exact) mass is 396 g/mol. The molecule has 1 aromatic carbocycles. The van der Waals surface area contributed by atoms with Gasteiger partial charge >= 0.3 is 6.18 Å². The summed E-state index contributed by atoms with van der Waals surface area (Å²) in [6.45, 7) is 5.71. The second-order valence-electron chi connectivity index (χ2n) is 7.43. The van der Waals surface area contributed by atoms with Gasteiger partial charge in [0.2, 0.25) is 0 Å². The van der Waals surface area contributed by atoms with Crippen LogP contribution in [0.2, 0.25) is 0 Å². The third-order valence-corrected chi connectivity index (χ3v) is 4.30. The first-order chi connectivity index (χ1) is 13.0. The largest absolute Gasteiger partial charge is 0.419 e. The SMILES string of the molecule is CNc1cc(N[C@@H](c2ccc(C(F)(F)F)c(F)c2)C(C)(C)C)n2ncnc2n1. The molecule has 0 unspecified atom stereocenters. The number of halogens is 4. The first-order valence-electron chi connectivity index (χ1n) is 8.52.